The first-order valence-corrected chi connectivity index (χ1v) is 10.8. The second-order valence-electron chi connectivity index (χ2n) is 7.60. The van der Waals surface area contributed by atoms with Crippen LogP contribution in [0, 0.1) is 13.8 Å². The highest BCUT2D eigenvalue weighted by Gasteiger charge is 2.29. The van der Waals surface area contributed by atoms with Crippen molar-refractivity contribution in [2.45, 2.75) is 40.3 Å². The molecule has 1 atom stereocenters. The van der Waals surface area contributed by atoms with Crippen LogP contribution < -0.4 is 5.32 Å². The molecule has 1 unspecified atom stereocenters. The van der Waals surface area contributed by atoms with Gasteiger partial charge in [-0.15, -0.1) is 0 Å². The van der Waals surface area contributed by atoms with E-state index in [1.165, 1.54) is 4.68 Å². The fourth-order valence-electron chi connectivity index (χ4n) is 3.42. The van der Waals surface area contributed by atoms with E-state index in [9.17, 15) is 14.4 Å². The summed E-state index contributed by atoms with van der Waals surface area (Å²) in [4.78, 5) is 40.4. The van der Waals surface area contributed by atoms with Crippen LogP contribution in [0.4, 0.5) is 10.5 Å². The number of aryl methyl sites for hydroxylation is 2. The quantitative estimate of drug-likeness (QED) is 0.696. The van der Waals surface area contributed by atoms with E-state index in [1.807, 2.05) is 0 Å². The lowest BCUT2D eigenvalue weighted by Crippen LogP contribution is -2.52. The monoisotopic (exact) mass is 465 g/mol. The predicted octanol–water partition coefficient (Wildman–Crippen LogP) is 1.85. The highest BCUT2D eigenvalue weighted by Crippen LogP contribution is 2.19. The van der Waals surface area contributed by atoms with Gasteiger partial charge in [0.05, 0.1) is 28.7 Å². The maximum Gasteiger partial charge on any atom is 0.409 e. The Morgan fingerprint density at radius 3 is 2.34 bits per heavy atom. The molecule has 3 heterocycles. The summed E-state index contributed by atoms with van der Waals surface area (Å²) in [5.74, 6) is -0.378. The van der Waals surface area contributed by atoms with E-state index < -0.39 is 6.04 Å². The minimum absolute atomic E-state index is 0.0113. The number of carbonyl (C=O) groups is 3. The summed E-state index contributed by atoms with van der Waals surface area (Å²) in [6.45, 7) is 9.08. The molecule has 1 aliphatic heterocycles. The first-order valence-electron chi connectivity index (χ1n) is 10.4. The van der Waals surface area contributed by atoms with Crippen LogP contribution in [0.2, 0.25) is 5.02 Å². The van der Waals surface area contributed by atoms with Gasteiger partial charge in [0, 0.05) is 38.6 Å². The number of amides is 3. The van der Waals surface area contributed by atoms with Crippen molar-refractivity contribution in [2.24, 2.45) is 0 Å². The van der Waals surface area contributed by atoms with Crippen molar-refractivity contribution in [3.05, 3.63) is 28.8 Å². The lowest BCUT2D eigenvalue weighted by molar-refractivity contribution is -0.136. The summed E-state index contributed by atoms with van der Waals surface area (Å²) in [5, 5.41) is 11.9. The van der Waals surface area contributed by atoms with Gasteiger partial charge in [0.15, 0.2) is 0 Å². The van der Waals surface area contributed by atoms with Gasteiger partial charge in [-0.2, -0.15) is 10.2 Å². The summed E-state index contributed by atoms with van der Waals surface area (Å²) in [7, 11) is 0. The maximum atomic E-state index is 12.9. The van der Waals surface area contributed by atoms with E-state index in [1.54, 1.807) is 54.6 Å². The lowest BCUT2D eigenvalue weighted by Gasteiger charge is -2.35. The fraction of sp³-hybridized carbons (Fsp3) is 0.550. The van der Waals surface area contributed by atoms with Crippen molar-refractivity contribution in [1.82, 2.24) is 29.4 Å². The van der Waals surface area contributed by atoms with Crippen LogP contribution in [0.5, 0.6) is 0 Å². The smallest absolute Gasteiger partial charge is 0.409 e. The molecule has 0 spiro atoms. The molecule has 0 saturated carbocycles. The number of piperazine rings is 1. The van der Waals surface area contributed by atoms with Crippen molar-refractivity contribution < 1.29 is 19.1 Å². The fourth-order valence-corrected chi connectivity index (χ4v) is 3.57. The Balaban J connectivity index is 1.58. The number of carbonyl (C=O) groups excluding carboxylic acids is 3. The molecule has 11 nitrogen and oxygen atoms in total. The molecule has 2 aromatic rings. The lowest BCUT2D eigenvalue weighted by atomic mass is 10.2. The van der Waals surface area contributed by atoms with Gasteiger partial charge in [0.1, 0.15) is 12.6 Å². The highest BCUT2D eigenvalue weighted by atomic mass is 35.5. The minimum Gasteiger partial charge on any atom is -0.450 e. The van der Waals surface area contributed by atoms with E-state index in [0.29, 0.717) is 54.9 Å². The van der Waals surface area contributed by atoms with Crippen LogP contribution in [-0.4, -0.2) is 80.1 Å². The van der Waals surface area contributed by atoms with Gasteiger partial charge in [-0.05, 0) is 27.7 Å². The normalized spacial score (nSPS) is 14.9. The molecule has 174 valence electrons. The zero-order chi connectivity index (χ0) is 23.4. The molecule has 1 aliphatic rings. The molecule has 0 aromatic carbocycles. The molecule has 0 aliphatic carbocycles. The number of anilines is 1. The number of halogens is 1. The Morgan fingerprint density at radius 1 is 1.09 bits per heavy atom. The third-order valence-corrected chi connectivity index (χ3v) is 5.63. The van der Waals surface area contributed by atoms with Crippen molar-refractivity contribution in [3.8, 4) is 0 Å². The first kappa shape index (κ1) is 23.6. The number of ether oxygens (including phenoxy) is 1. The summed E-state index contributed by atoms with van der Waals surface area (Å²) in [6.07, 6.45) is 2.88. The Labute approximate surface area is 191 Å². The average molecular weight is 466 g/mol. The van der Waals surface area contributed by atoms with Crippen molar-refractivity contribution in [2.75, 3.05) is 38.1 Å². The Hall–Kier alpha value is -3.08. The standard InChI is InChI=1S/C20H28ClN7O4/c1-5-32-20(31)26-8-6-25(7-9-26)19(30)15(4)28-11-17(14(3)24-28)22-18(29)12-27-10-16(21)13(2)23-27/h10-11,15H,5-9,12H2,1-4H3,(H,22,29). The van der Waals surface area contributed by atoms with E-state index >= 15 is 0 Å². The van der Waals surface area contributed by atoms with Crippen molar-refractivity contribution in [3.63, 3.8) is 0 Å². The molecule has 12 heteroatoms. The summed E-state index contributed by atoms with van der Waals surface area (Å²) < 4.78 is 8.02. The molecule has 0 bridgehead atoms. The average Bonchev–Trinajstić information content (AvgIpc) is 3.28. The SMILES string of the molecule is CCOC(=O)N1CCN(C(=O)C(C)n2cc(NC(=O)Cn3cc(Cl)c(C)n3)c(C)n2)CC1. The van der Waals surface area contributed by atoms with Gasteiger partial charge in [-0.3, -0.25) is 19.0 Å². The van der Waals surface area contributed by atoms with E-state index in [0.717, 1.165) is 0 Å². The third kappa shape index (κ3) is 5.39. The number of hydrogen-bond donors (Lipinski definition) is 1. The summed E-state index contributed by atoms with van der Waals surface area (Å²) in [6, 6.07) is -0.555. The van der Waals surface area contributed by atoms with Crippen LogP contribution in [0.15, 0.2) is 12.4 Å². The molecule has 1 saturated heterocycles. The van der Waals surface area contributed by atoms with Crippen LogP contribution in [0.25, 0.3) is 0 Å². The van der Waals surface area contributed by atoms with Crippen molar-refractivity contribution in [1.29, 1.82) is 0 Å². The van der Waals surface area contributed by atoms with Crippen LogP contribution in [0.3, 0.4) is 0 Å². The van der Waals surface area contributed by atoms with E-state index in [2.05, 4.69) is 15.5 Å². The Morgan fingerprint density at radius 2 is 1.75 bits per heavy atom. The number of nitrogens with one attached hydrogen (secondary N) is 1. The predicted molar refractivity (Wildman–Crippen MR) is 117 cm³/mol. The van der Waals surface area contributed by atoms with Gasteiger partial charge in [0.25, 0.3) is 0 Å². The van der Waals surface area contributed by atoms with Gasteiger partial charge < -0.3 is 19.9 Å². The zero-order valence-electron chi connectivity index (χ0n) is 18.7. The van der Waals surface area contributed by atoms with E-state index in [-0.39, 0.29) is 24.5 Å². The maximum absolute atomic E-state index is 12.9. The Kier molecular flexibility index (Phi) is 7.39. The highest BCUT2D eigenvalue weighted by molar-refractivity contribution is 6.31. The first-order chi connectivity index (χ1) is 15.2. The molecule has 1 fully saturated rings. The Bertz CT molecular complexity index is 975. The number of nitrogens with zero attached hydrogens (tertiary/aromatic N) is 6. The molecule has 0 radical (unpaired) electrons. The second-order valence-corrected chi connectivity index (χ2v) is 8.01. The summed E-state index contributed by atoms with van der Waals surface area (Å²) >= 11 is 5.98. The largest absolute Gasteiger partial charge is 0.450 e. The van der Waals surface area contributed by atoms with Crippen LogP contribution in [0.1, 0.15) is 31.3 Å². The molecule has 3 rings (SSSR count). The van der Waals surface area contributed by atoms with Gasteiger partial charge in [-0.1, -0.05) is 11.6 Å². The van der Waals surface area contributed by atoms with Gasteiger partial charge in [-0.25, -0.2) is 4.79 Å². The summed E-state index contributed by atoms with van der Waals surface area (Å²) in [5.41, 5.74) is 1.77. The molecule has 2 aromatic heterocycles. The molecule has 1 N–H and O–H groups in total. The number of hydrogen-bond acceptors (Lipinski definition) is 6. The second kappa shape index (κ2) is 10.0. The molecular weight excluding hydrogens is 438 g/mol. The van der Waals surface area contributed by atoms with E-state index in [4.69, 9.17) is 16.3 Å². The zero-order valence-corrected chi connectivity index (χ0v) is 19.4. The minimum atomic E-state index is -0.555. The molecular formula is C20H28ClN7O4. The number of rotatable bonds is 6. The molecule has 32 heavy (non-hydrogen) atoms. The third-order valence-electron chi connectivity index (χ3n) is 5.25. The van der Waals surface area contributed by atoms with Crippen LogP contribution in [-0.2, 0) is 20.9 Å². The topological polar surface area (TPSA) is 115 Å². The molecule has 3 amide bonds. The number of aromatic nitrogens is 4. The van der Waals surface area contributed by atoms with Gasteiger partial charge >= 0.3 is 6.09 Å². The van der Waals surface area contributed by atoms with Gasteiger partial charge in [0.2, 0.25) is 11.8 Å². The van der Waals surface area contributed by atoms with Crippen LogP contribution >= 0.6 is 11.6 Å². The van der Waals surface area contributed by atoms with Crippen molar-refractivity contribution >= 4 is 35.2 Å².